The van der Waals surface area contributed by atoms with E-state index in [0.717, 1.165) is 18.7 Å². The summed E-state index contributed by atoms with van der Waals surface area (Å²) in [7, 11) is 7.77. The molecule has 0 bridgehead atoms. The first kappa shape index (κ1) is 14.3. The van der Waals surface area contributed by atoms with E-state index in [2.05, 4.69) is 24.3 Å². The molecule has 0 fully saturated rings. The Balaban J connectivity index is 2.80. The van der Waals surface area contributed by atoms with E-state index < -0.39 is 0 Å². The molecule has 1 aromatic carbocycles. The van der Waals surface area contributed by atoms with Crippen molar-refractivity contribution in [2.45, 2.75) is 12.5 Å². The Bertz CT molecular complexity index is 355. The first-order valence-corrected chi connectivity index (χ1v) is 6.11. The summed E-state index contributed by atoms with van der Waals surface area (Å²) in [4.78, 5) is 2.18. The molecule has 0 aliphatic heterocycles. The Labute approximate surface area is 109 Å². The van der Waals surface area contributed by atoms with Crippen LogP contribution in [0.5, 0.6) is 5.75 Å². The van der Waals surface area contributed by atoms with Gasteiger partial charge in [-0.05, 0) is 51.8 Å². The van der Waals surface area contributed by atoms with Crippen LogP contribution in [0.15, 0.2) is 18.2 Å². The van der Waals surface area contributed by atoms with E-state index >= 15 is 0 Å². The Kier molecular flexibility index (Phi) is 5.75. The Morgan fingerprint density at radius 3 is 2.65 bits per heavy atom. The molecule has 0 radical (unpaired) electrons. The van der Waals surface area contributed by atoms with Gasteiger partial charge in [0.05, 0.1) is 12.1 Å². The monoisotopic (exact) mass is 256 g/mol. The molecule has 0 aromatic heterocycles. The molecule has 96 valence electrons. The van der Waals surface area contributed by atoms with Crippen molar-refractivity contribution in [3.8, 4) is 5.75 Å². The standard InChI is InChI=1S/C13H21ClN2O/c1-15-12(7-8-16(2)3)10-5-6-11(14)13(9-10)17-4/h5-6,9,12,15H,7-8H2,1-4H3. The number of nitrogens with one attached hydrogen (secondary N) is 1. The van der Waals surface area contributed by atoms with Crippen molar-refractivity contribution in [1.82, 2.24) is 10.2 Å². The second-order valence-electron chi connectivity index (χ2n) is 4.33. The van der Waals surface area contributed by atoms with Gasteiger partial charge in [0.15, 0.2) is 0 Å². The summed E-state index contributed by atoms with van der Waals surface area (Å²) in [5.41, 5.74) is 1.20. The van der Waals surface area contributed by atoms with Gasteiger partial charge in [-0.2, -0.15) is 0 Å². The lowest BCUT2D eigenvalue weighted by Gasteiger charge is -2.20. The fourth-order valence-electron chi connectivity index (χ4n) is 1.76. The number of hydrogen-bond donors (Lipinski definition) is 1. The molecule has 3 nitrogen and oxygen atoms in total. The molecule has 0 spiro atoms. The lowest BCUT2D eigenvalue weighted by atomic mass is 10.0. The van der Waals surface area contributed by atoms with Crippen molar-refractivity contribution in [1.29, 1.82) is 0 Å². The topological polar surface area (TPSA) is 24.5 Å². The SMILES string of the molecule is CNC(CCN(C)C)c1ccc(Cl)c(OC)c1. The molecule has 0 aliphatic rings. The molecule has 1 unspecified atom stereocenters. The van der Waals surface area contributed by atoms with Crippen LogP contribution in [0.1, 0.15) is 18.0 Å². The molecule has 1 atom stereocenters. The maximum atomic E-state index is 6.02. The van der Waals surface area contributed by atoms with E-state index in [-0.39, 0.29) is 0 Å². The van der Waals surface area contributed by atoms with Crippen LogP contribution in [0.25, 0.3) is 0 Å². The van der Waals surface area contributed by atoms with Gasteiger partial charge in [0.2, 0.25) is 0 Å². The molecule has 0 aliphatic carbocycles. The van der Waals surface area contributed by atoms with Crippen LogP contribution in [0.3, 0.4) is 0 Å². The molecule has 1 aromatic rings. The van der Waals surface area contributed by atoms with E-state index in [1.54, 1.807) is 7.11 Å². The minimum absolute atomic E-state index is 0.323. The highest BCUT2D eigenvalue weighted by Crippen LogP contribution is 2.28. The smallest absolute Gasteiger partial charge is 0.137 e. The highest BCUT2D eigenvalue weighted by molar-refractivity contribution is 6.32. The van der Waals surface area contributed by atoms with Crippen LogP contribution in [0, 0.1) is 0 Å². The molecule has 17 heavy (non-hydrogen) atoms. The predicted octanol–water partition coefficient (Wildman–Crippen LogP) is 2.56. The van der Waals surface area contributed by atoms with Crippen molar-refractivity contribution < 1.29 is 4.74 Å². The van der Waals surface area contributed by atoms with Gasteiger partial charge in [0.25, 0.3) is 0 Å². The van der Waals surface area contributed by atoms with Gasteiger partial charge in [-0.1, -0.05) is 17.7 Å². The van der Waals surface area contributed by atoms with Crippen LogP contribution in [0.2, 0.25) is 5.02 Å². The molecule has 4 heteroatoms. The Hall–Kier alpha value is -0.770. The van der Waals surface area contributed by atoms with Crippen LogP contribution >= 0.6 is 11.6 Å². The number of halogens is 1. The first-order valence-electron chi connectivity index (χ1n) is 5.74. The Morgan fingerprint density at radius 2 is 2.12 bits per heavy atom. The third kappa shape index (κ3) is 4.19. The third-order valence-corrected chi connectivity index (χ3v) is 3.10. The number of benzene rings is 1. The third-order valence-electron chi connectivity index (χ3n) is 2.79. The van der Waals surface area contributed by atoms with Crippen LogP contribution in [0.4, 0.5) is 0 Å². The average molecular weight is 257 g/mol. The van der Waals surface area contributed by atoms with Gasteiger partial charge in [0, 0.05) is 6.04 Å². The molecular weight excluding hydrogens is 236 g/mol. The van der Waals surface area contributed by atoms with Crippen molar-refractivity contribution >= 4 is 11.6 Å². The van der Waals surface area contributed by atoms with Gasteiger partial charge in [-0.3, -0.25) is 0 Å². The lowest BCUT2D eigenvalue weighted by Crippen LogP contribution is -2.22. The number of nitrogens with zero attached hydrogens (tertiary/aromatic N) is 1. The van der Waals surface area contributed by atoms with Gasteiger partial charge in [-0.15, -0.1) is 0 Å². The summed E-state index contributed by atoms with van der Waals surface area (Å²) < 4.78 is 5.24. The largest absolute Gasteiger partial charge is 0.495 e. The minimum atomic E-state index is 0.323. The summed E-state index contributed by atoms with van der Waals surface area (Å²) in [6.45, 7) is 1.04. The maximum absolute atomic E-state index is 6.02. The fraction of sp³-hybridized carbons (Fsp3) is 0.538. The normalized spacial score (nSPS) is 12.8. The van der Waals surface area contributed by atoms with E-state index in [9.17, 15) is 0 Å². The van der Waals surface area contributed by atoms with Gasteiger partial charge >= 0.3 is 0 Å². The minimum Gasteiger partial charge on any atom is -0.495 e. The van der Waals surface area contributed by atoms with E-state index in [1.165, 1.54) is 5.56 Å². The number of hydrogen-bond acceptors (Lipinski definition) is 3. The van der Waals surface area contributed by atoms with Crippen molar-refractivity contribution in [3.05, 3.63) is 28.8 Å². The summed E-state index contributed by atoms with van der Waals surface area (Å²) in [6.07, 6.45) is 1.05. The number of rotatable bonds is 6. The molecule has 0 saturated heterocycles. The molecule has 0 heterocycles. The maximum Gasteiger partial charge on any atom is 0.137 e. The molecule has 0 amide bonds. The average Bonchev–Trinajstić information content (AvgIpc) is 2.31. The van der Waals surface area contributed by atoms with E-state index in [0.29, 0.717) is 11.1 Å². The zero-order valence-electron chi connectivity index (χ0n) is 11.0. The van der Waals surface area contributed by atoms with E-state index in [4.69, 9.17) is 16.3 Å². The number of methoxy groups -OCH3 is 1. The van der Waals surface area contributed by atoms with Gasteiger partial charge < -0.3 is 15.0 Å². The van der Waals surface area contributed by atoms with Gasteiger partial charge in [-0.25, -0.2) is 0 Å². The second-order valence-corrected chi connectivity index (χ2v) is 4.73. The molecular formula is C13H21ClN2O. The first-order chi connectivity index (χ1) is 8.08. The van der Waals surface area contributed by atoms with Gasteiger partial charge in [0.1, 0.15) is 5.75 Å². The van der Waals surface area contributed by atoms with Crippen LogP contribution in [-0.4, -0.2) is 39.7 Å². The quantitative estimate of drug-likeness (QED) is 0.847. The zero-order valence-corrected chi connectivity index (χ0v) is 11.7. The zero-order chi connectivity index (χ0) is 12.8. The second kappa shape index (κ2) is 6.84. The lowest BCUT2D eigenvalue weighted by molar-refractivity contribution is 0.367. The molecule has 1 N–H and O–H groups in total. The summed E-state index contributed by atoms with van der Waals surface area (Å²) in [6, 6.07) is 6.25. The summed E-state index contributed by atoms with van der Waals surface area (Å²) in [5.74, 6) is 0.731. The summed E-state index contributed by atoms with van der Waals surface area (Å²) in [5, 5.41) is 3.97. The molecule has 0 saturated carbocycles. The Morgan fingerprint density at radius 1 is 1.41 bits per heavy atom. The predicted molar refractivity (Wildman–Crippen MR) is 73.0 cm³/mol. The summed E-state index contributed by atoms with van der Waals surface area (Å²) >= 11 is 6.02. The highest BCUT2D eigenvalue weighted by atomic mass is 35.5. The fourth-order valence-corrected chi connectivity index (χ4v) is 1.95. The van der Waals surface area contributed by atoms with Crippen molar-refractivity contribution in [2.24, 2.45) is 0 Å². The molecule has 1 rings (SSSR count). The number of ether oxygens (including phenoxy) is 1. The highest BCUT2D eigenvalue weighted by Gasteiger charge is 2.11. The van der Waals surface area contributed by atoms with Crippen molar-refractivity contribution in [2.75, 3.05) is 34.8 Å². The van der Waals surface area contributed by atoms with E-state index in [1.807, 2.05) is 25.2 Å². The van der Waals surface area contributed by atoms with Crippen LogP contribution in [-0.2, 0) is 0 Å². The van der Waals surface area contributed by atoms with Crippen LogP contribution < -0.4 is 10.1 Å². The van der Waals surface area contributed by atoms with Crippen molar-refractivity contribution in [3.63, 3.8) is 0 Å².